The van der Waals surface area contributed by atoms with Crippen molar-refractivity contribution in [2.75, 3.05) is 17.3 Å². The maximum Gasteiger partial charge on any atom is 0.418 e. The third kappa shape index (κ3) is 4.25. The predicted molar refractivity (Wildman–Crippen MR) is 98.1 cm³/mol. The fourth-order valence-corrected chi connectivity index (χ4v) is 2.56. The molecule has 0 bridgehead atoms. The van der Waals surface area contributed by atoms with Gasteiger partial charge in [0.05, 0.1) is 11.3 Å². The molecule has 0 aliphatic rings. The summed E-state index contributed by atoms with van der Waals surface area (Å²) < 4.78 is 39.3. The number of anilines is 3. The van der Waals surface area contributed by atoms with Crippen molar-refractivity contribution in [2.24, 2.45) is 0 Å². The minimum Gasteiger partial charge on any atom is -0.329 e. The van der Waals surface area contributed by atoms with E-state index in [1.165, 1.54) is 36.5 Å². The van der Waals surface area contributed by atoms with E-state index in [9.17, 15) is 18.0 Å². The van der Waals surface area contributed by atoms with E-state index in [4.69, 9.17) is 0 Å². The molecule has 4 nitrogen and oxygen atoms in total. The standard InChI is InChI=1S/C20H16F3N3O/c1-26(15-7-3-2-4-8-15)18-13-14(11-12-24-18)19(27)25-17-10-6-5-9-16(17)20(21,22)23/h2-13H,1H3,(H,25,27). The summed E-state index contributed by atoms with van der Waals surface area (Å²) >= 11 is 0. The molecule has 0 saturated carbocycles. The van der Waals surface area contributed by atoms with Crippen molar-refractivity contribution in [3.8, 4) is 0 Å². The molecule has 1 amide bonds. The van der Waals surface area contributed by atoms with Crippen LogP contribution >= 0.6 is 0 Å². The van der Waals surface area contributed by atoms with Gasteiger partial charge in [0.25, 0.3) is 5.91 Å². The van der Waals surface area contributed by atoms with Gasteiger partial charge in [-0.25, -0.2) is 4.98 Å². The Morgan fingerprint density at radius 2 is 1.67 bits per heavy atom. The monoisotopic (exact) mass is 371 g/mol. The average molecular weight is 371 g/mol. The number of rotatable bonds is 4. The van der Waals surface area contributed by atoms with Crippen LogP contribution in [0.25, 0.3) is 0 Å². The number of carbonyl (C=O) groups is 1. The van der Waals surface area contributed by atoms with Gasteiger partial charge in [-0.2, -0.15) is 13.2 Å². The number of aromatic nitrogens is 1. The first-order chi connectivity index (χ1) is 12.9. The fraction of sp³-hybridized carbons (Fsp3) is 0.100. The first kappa shape index (κ1) is 18.4. The molecule has 138 valence electrons. The van der Waals surface area contributed by atoms with Gasteiger partial charge in [0.2, 0.25) is 0 Å². The number of nitrogens with one attached hydrogen (secondary N) is 1. The zero-order chi connectivity index (χ0) is 19.4. The molecule has 0 atom stereocenters. The van der Waals surface area contributed by atoms with Crippen molar-refractivity contribution in [3.05, 3.63) is 84.1 Å². The van der Waals surface area contributed by atoms with Crippen LogP contribution < -0.4 is 10.2 Å². The molecule has 7 heteroatoms. The number of alkyl halides is 3. The van der Waals surface area contributed by atoms with Crippen LogP contribution in [0.2, 0.25) is 0 Å². The van der Waals surface area contributed by atoms with E-state index in [0.29, 0.717) is 5.82 Å². The average Bonchev–Trinajstić information content (AvgIpc) is 2.68. The number of benzene rings is 2. The first-order valence-electron chi connectivity index (χ1n) is 8.08. The van der Waals surface area contributed by atoms with Crippen molar-refractivity contribution in [1.82, 2.24) is 4.98 Å². The summed E-state index contributed by atoms with van der Waals surface area (Å²) in [5.41, 5.74) is -0.108. The summed E-state index contributed by atoms with van der Waals surface area (Å²) in [4.78, 5) is 18.5. The number of pyridine rings is 1. The van der Waals surface area contributed by atoms with E-state index in [1.54, 1.807) is 11.9 Å². The minimum atomic E-state index is -4.55. The second kappa shape index (κ2) is 7.49. The molecule has 0 saturated heterocycles. The molecule has 0 spiro atoms. The quantitative estimate of drug-likeness (QED) is 0.692. The predicted octanol–water partition coefficient (Wildman–Crippen LogP) is 5.12. The highest BCUT2D eigenvalue weighted by Crippen LogP contribution is 2.34. The molecule has 0 unspecified atom stereocenters. The van der Waals surface area contributed by atoms with E-state index >= 15 is 0 Å². The molecule has 1 heterocycles. The molecule has 0 fully saturated rings. The lowest BCUT2D eigenvalue weighted by molar-refractivity contribution is -0.136. The van der Waals surface area contributed by atoms with Gasteiger partial charge in [-0.1, -0.05) is 30.3 Å². The summed E-state index contributed by atoms with van der Waals surface area (Å²) in [5, 5.41) is 2.33. The van der Waals surface area contributed by atoms with Gasteiger partial charge in [-0.05, 0) is 36.4 Å². The topological polar surface area (TPSA) is 45.2 Å². The van der Waals surface area contributed by atoms with Gasteiger partial charge in [-0.15, -0.1) is 0 Å². The molecule has 0 aliphatic heterocycles. The Bertz CT molecular complexity index is 942. The fourth-order valence-electron chi connectivity index (χ4n) is 2.56. The highest BCUT2D eigenvalue weighted by molar-refractivity contribution is 6.05. The first-order valence-corrected chi connectivity index (χ1v) is 8.08. The third-order valence-electron chi connectivity index (χ3n) is 3.98. The second-order valence-corrected chi connectivity index (χ2v) is 5.79. The summed E-state index contributed by atoms with van der Waals surface area (Å²) in [6.07, 6.45) is -3.11. The maximum atomic E-state index is 13.1. The molecule has 2 aromatic carbocycles. The van der Waals surface area contributed by atoms with Crippen LogP contribution in [0.1, 0.15) is 15.9 Å². The smallest absolute Gasteiger partial charge is 0.329 e. The normalized spacial score (nSPS) is 11.1. The Morgan fingerprint density at radius 1 is 1.00 bits per heavy atom. The molecule has 3 rings (SSSR count). The van der Waals surface area contributed by atoms with Crippen LogP contribution in [-0.2, 0) is 6.18 Å². The molecule has 0 radical (unpaired) electrons. The zero-order valence-electron chi connectivity index (χ0n) is 14.4. The molecule has 3 aromatic rings. The number of nitrogens with zero attached hydrogens (tertiary/aromatic N) is 2. The van der Waals surface area contributed by atoms with Crippen molar-refractivity contribution >= 4 is 23.1 Å². The lowest BCUT2D eigenvalue weighted by atomic mass is 10.1. The van der Waals surface area contributed by atoms with E-state index < -0.39 is 17.6 Å². The van der Waals surface area contributed by atoms with Crippen molar-refractivity contribution < 1.29 is 18.0 Å². The summed E-state index contributed by atoms with van der Waals surface area (Å²) in [6.45, 7) is 0. The van der Waals surface area contributed by atoms with E-state index in [1.807, 2.05) is 30.3 Å². The van der Waals surface area contributed by atoms with Crippen LogP contribution in [-0.4, -0.2) is 17.9 Å². The maximum absolute atomic E-state index is 13.1. The highest BCUT2D eigenvalue weighted by Gasteiger charge is 2.33. The van der Waals surface area contributed by atoms with E-state index in [2.05, 4.69) is 10.3 Å². The zero-order valence-corrected chi connectivity index (χ0v) is 14.4. The molecule has 1 N–H and O–H groups in total. The Kier molecular flexibility index (Phi) is 5.12. The molecular weight excluding hydrogens is 355 g/mol. The van der Waals surface area contributed by atoms with Gasteiger partial charge in [-0.3, -0.25) is 4.79 Å². The van der Waals surface area contributed by atoms with Gasteiger partial charge in [0.15, 0.2) is 0 Å². The third-order valence-corrected chi connectivity index (χ3v) is 3.98. The van der Waals surface area contributed by atoms with Gasteiger partial charge in [0.1, 0.15) is 5.82 Å². The Labute approximate surface area is 154 Å². The minimum absolute atomic E-state index is 0.208. The van der Waals surface area contributed by atoms with Gasteiger partial charge < -0.3 is 10.2 Å². The number of halogens is 3. The lowest BCUT2D eigenvalue weighted by Gasteiger charge is -2.19. The highest BCUT2D eigenvalue weighted by atomic mass is 19.4. The Hall–Kier alpha value is -3.35. The molecule has 1 aromatic heterocycles. The van der Waals surface area contributed by atoms with E-state index in [-0.39, 0.29) is 11.3 Å². The Morgan fingerprint density at radius 3 is 2.37 bits per heavy atom. The van der Waals surface area contributed by atoms with Crippen LogP contribution in [0.3, 0.4) is 0 Å². The molecular formula is C20H16F3N3O. The van der Waals surface area contributed by atoms with Crippen LogP contribution in [0.15, 0.2) is 72.9 Å². The number of carbonyl (C=O) groups excluding carboxylic acids is 1. The number of para-hydroxylation sites is 2. The van der Waals surface area contributed by atoms with E-state index in [0.717, 1.165) is 11.8 Å². The Balaban J connectivity index is 1.85. The van der Waals surface area contributed by atoms with Crippen molar-refractivity contribution in [1.29, 1.82) is 0 Å². The SMILES string of the molecule is CN(c1ccccc1)c1cc(C(=O)Nc2ccccc2C(F)(F)F)ccn1. The molecule has 27 heavy (non-hydrogen) atoms. The van der Waals surface area contributed by atoms with Crippen LogP contribution in [0, 0.1) is 0 Å². The largest absolute Gasteiger partial charge is 0.418 e. The second-order valence-electron chi connectivity index (χ2n) is 5.79. The van der Waals surface area contributed by atoms with Crippen molar-refractivity contribution in [2.45, 2.75) is 6.18 Å². The summed E-state index contributed by atoms with van der Waals surface area (Å²) in [6, 6.07) is 17.2. The summed E-state index contributed by atoms with van der Waals surface area (Å²) in [7, 11) is 1.79. The van der Waals surface area contributed by atoms with Gasteiger partial charge >= 0.3 is 6.18 Å². The lowest BCUT2D eigenvalue weighted by Crippen LogP contribution is -2.18. The molecule has 0 aliphatic carbocycles. The van der Waals surface area contributed by atoms with Crippen molar-refractivity contribution in [3.63, 3.8) is 0 Å². The number of hydrogen-bond donors (Lipinski definition) is 1. The van der Waals surface area contributed by atoms with Crippen LogP contribution in [0.4, 0.5) is 30.4 Å². The van der Waals surface area contributed by atoms with Crippen LogP contribution in [0.5, 0.6) is 0 Å². The number of hydrogen-bond acceptors (Lipinski definition) is 3. The summed E-state index contributed by atoms with van der Waals surface area (Å²) in [5.74, 6) is -0.144. The number of amides is 1. The van der Waals surface area contributed by atoms with Gasteiger partial charge in [0, 0.05) is 24.5 Å².